The highest BCUT2D eigenvalue weighted by Gasteiger charge is 2.43. The Morgan fingerprint density at radius 1 is 0.432 bits per heavy atom. The van der Waals surface area contributed by atoms with E-state index in [1.54, 1.807) is 0 Å². The Bertz CT molecular complexity index is 1410. The lowest BCUT2D eigenvalue weighted by molar-refractivity contribution is -0.145. The summed E-state index contributed by atoms with van der Waals surface area (Å²) in [6.07, 6.45) is -22.7. The van der Waals surface area contributed by atoms with E-state index in [1.165, 1.54) is 12.1 Å². The minimum atomic E-state index is -5.22. The zero-order valence-corrected chi connectivity index (χ0v) is 21.8. The summed E-state index contributed by atoms with van der Waals surface area (Å²) in [7, 11) is 0. The molecule has 6 nitrogen and oxygen atoms in total. The second-order valence-corrected chi connectivity index (χ2v) is 7.51. The van der Waals surface area contributed by atoms with Crippen molar-refractivity contribution in [3.05, 3.63) is 67.8 Å². The predicted molar refractivity (Wildman–Crippen MR) is 122 cm³/mol. The first-order valence-corrected chi connectivity index (χ1v) is 11.2. The summed E-state index contributed by atoms with van der Waals surface area (Å²) in [5.41, 5.74) is -13.6. The summed E-state index contributed by atoms with van der Waals surface area (Å²) >= 11 is 0. The van der Waals surface area contributed by atoms with Gasteiger partial charge in [0.15, 0.2) is 0 Å². The molecule has 0 aromatic heterocycles. The molecule has 44 heavy (non-hydrogen) atoms. The Kier molecular flexibility index (Phi) is 12.8. The SMILES string of the molecule is CC.N#CCc1c(C#N)c(C(F)(F)F)cc(C(F)(F)F)c1C#N.N#CCc1c(C#N)c(C(F)(F)F)cc(C(F)(F)F)c1C#N. The standard InChI is InChI=1S/2C12H3F6N3.C2H6/c2*13-11(14,15)9-3-10(12(16,17)18)8(5-21)6(1-2-19)7(9)4-20;1-2/h2*3H,1H2;1-2H3. The van der Waals surface area contributed by atoms with Gasteiger partial charge in [-0.25, -0.2) is 0 Å². The van der Waals surface area contributed by atoms with Gasteiger partial charge in [-0.05, 0) is 12.1 Å². The molecule has 230 valence electrons. The van der Waals surface area contributed by atoms with Crippen molar-refractivity contribution < 1.29 is 52.7 Å². The number of benzene rings is 2. The maximum absolute atomic E-state index is 12.8. The molecule has 2 rings (SSSR count). The van der Waals surface area contributed by atoms with Gasteiger partial charge in [0.2, 0.25) is 0 Å². The molecule has 2 aromatic carbocycles. The van der Waals surface area contributed by atoms with Crippen LogP contribution in [0.5, 0.6) is 0 Å². The topological polar surface area (TPSA) is 143 Å². The number of hydrogen-bond donors (Lipinski definition) is 0. The highest BCUT2D eigenvalue weighted by atomic mass is 19.4. The third-order valence-electron chi connectivity index (χ3n) is 5.04. The van der Waals surface area contributed by atoms with Crippen LogP contribution < -0.4 is 0 Å². The molecule has 0 aliphatic heterocycles. The molecule has 0 heterocycles. The van der Waals surface area contributed by atoms with Crippen LogP contribution in [0, 0.1) is 68.0 Å². The summed E-state index contributed by atoms with van der Waals surface area (Å²) in [4.78, 5) is 0. The minimum absolute atomic E-state index is 0.280. The Morgan fingerprint density at radius 2 is 0.614 bits per heavy atom. The molecule has 0 bridgehead atoms. The van der Waals surface area contributed by atoms with E-state index in [9.17, 15) is 52.7 Å². The smallest absolute Gasteiger partial charge is 0.198 e. The van der Waals surface area contributed by atoms with Crippen molar-refractivity contribution in [3.8, 4) is 36.4 Å². The third kappa shape index (κ3) is 8.77. The van der Waals surface area contributed by atoms with Gasteiger partial charge in [0.05, 0.1) is 69.5 Å². The van der Waals surface area contributed by atoms with Crippen LogP contribution in [0.4, 0.5) is 52.7 Å². The average molecular weight is 636 g/mol. The van der Waals surface area contributed by atoms with Gasteiger partial charge in [0, 0.05) is 11.1 Å². The Hall–Kier alpha value is -5.46. The van der Waals surface area contributed by atoms with Crippen LogP contribution in [0.3, 0.4) is 0 Å². The predicted octanol–water partition coefficient (Wildman–Crippen LogP) is 8.09. The van der Waals surface area contributed by atoms with E-state index in [1.807, 2.05) is 13.8 Å². The molecule has 0 unspecified atom stereocenters. The molecule has 0 fully saturated rings. The monoisotopic (exact) mass is 636 g/mol. The summed E-state index contributed by atoms with van der Waals surface area (Å²) < 4.78 is 153. The molecule has 0 amide bonds. The van der Waals surface area contributed by atoms with E-state index in [0.29, 0.717) is 0 Å². The molecule has 0 radical (unpaired) electrons. The molecule has 0 spiro atoms. The van der Waals surface area contributed by atoms with E-state index < -0.39 is 93.2 Å². The lowest BCUT2D eigenvalue weighted by Gasteiger charge is -2.17. The van der Waals surface area contributed by atoms with Gasteiger partial charge >= 0.3 is 24.7 Å². The maximum Gasteiger partial charge on any atom is 0.417 e. The quantitative estimate of drug-likeness (QED) is 0.305. The van der Waals surface area contributed by atoms with Crippen molar-refractivity contribution in [1.82, 2.24) is 0 Å². The van der Waals surface area contributed by atoms with Crippen molar-refractivity contribution in [2.75, 3.05) is 0 Å². The Balaban J connectivity index is 0.000000795. The maximum atomic E-state index is 12.8. The molecule has 0 saturated carbocycles. The van der Waals surface area contributed by atoms with E-state index >= 15 is 0 Å². The number of nitriles is 6. The first kappa shape index (κ1) is 38.5. The molecule has 0 aliphatic rings. The van der Waals surface area contributed by atoms with Gasteiger partial charge in [-0.15, -0.1) is 0 Å². The second-order valence-electron chi connectivity index (χ2n) is 7.51. The fraction of sp³-hybridized carbons (Fsp3) is 0.308. The van der Waals surface area contributed by atoms with Crippen molar-refractivity contribution >= 4 is 0 Å². The van der Waals surface area contributed by atoms with Crippen LogP contribution in [0.1, 0.15) is 69.5 Å². The molecular formula is C26H12F12N6. The van der Waals surface area contributed by atoms with Crippen LogP contribution >= 0.6 is 0 Å². The zero-order valence-electron chi connectivity index (χ0n) is 21.8. The number of halogens is 12. The van der Waals surface area contributed by atoms with E-state index in [4.69, 9.17) is 31.6 Å². The molecule has 0 N–H and O–H groups in total. The lowest BCUT2D eigenvalue weighted by atomic mass is 9.90. The van der Waals surface area contributed by atoms with Crippen LogP contribution in [-0.2, 0) is 37.5 Å². The number of hydrogen-bond acceptors (Lipinski definition) is 6. The van der Waals surface area contributed by atoms with Gasteiger partial charge in [0.1, 0.15) is 24.3 Å². The molecule has 18 heteroatoms. The molecule has 0 saturated heterocycles. The van der Waals surface area contributed by atoms with E-state index in [0.717, 1.165) is 24.3 Å². The fourth-order valence-corrected chi connectivity index (χ4v) is 3.39. The average Bonchev–Trinajstić information content (AvgIpc) is 2.91. The van der Waals surface area contributed by atoms with Gasteiger partial charge in [-0.2, -0.15) is 84.3 Å². The van der Waals surface area contributed by atoms with E-state index in [-0.39, 0.29) is 12.1 Å². The molecule has 0 atom stereocenters. The zero-order chi connectivity index (χ0) is 34.8. The van der Waals surface area contributed by atoms with Crippen molar-refractivity contribution in [2.24, 2.45) is 0 Å². The minimum Gasteiger partial charge on any atom is -0.198 e. The fourth-order valence-electron chi connectivity index (χ4n) is 3.39. The first-order valence-electron chi connectivity index (χ1n) is 11.2. The normalized spacial score (nSPS) is 11.0. The molecule has 0 aliphatic carbocycles. The molecule has 2 aromatic rings. The summed E-state index contributed by atoms with van der Waals surface area (Å²) in [5.74, 6) is 0. The van der Waals surface area contributed by atoms with Crippen LogP contribution in [0.2, 0.25) is 0 Å². The van der Waals surface area contributed by atoms with Crippen molar-refractivity contribution in [2.45, 2.75) is 51.4 Å². The summed E-state index contributed by atoms with van der Waals surface area (Å²) in [5, 5.41) is 52.0. The Labute approximate surface area is 240 Å². The number of nitrogens with zero attached hydrogens (tertiary/aromatic N) is 6. The Morgan fingerprint density at radius 3 is 0.727 bits per heavy atom. The van der Waals surface area contributed by atoms with Crippen molar-refractivity contribution in [3.63, 3.8) is 0 Å². The second kappa shape index (κ2) is 14.6. The van der Waals surface area contributed by atoms with E-state index in [2.05, 4.69) is 0 Å². The van der Waals surface area contributed by atoms with Gasteiger partial charge in [-0.1, -0.05) is 13.8 Å². The van der Waals surface area contributed by atoms with Crippen LogP contribution in [0.25, 0.3) is 0 Å². The molecular weight excluding hydrogens is 624 g/mol. The first-order chi connectivity index (χ1) is 20.1. The van der Waals surface area contributed by atoms with Gasteiger partial charge in [-0.3, -0.25) is 0 Å². The highest BCUT2D eigenvalue weighted by molar-refractivity contribution is 5.60. The van der Waals surface area contributed by atoms with Crippen LogP contribution in [0.15, 0.2) is 12.1 Å². The van der Waals surface area contributed by atoms with Crippen molar-refractivity contribution in [1.29, 1.82) is 31.6 Å². The largest absolute Gasteiger partial charge is 0.417 e. The summed E-state index contributed by atoms with van der Waals surface area (Å²) in [6, 6.07) is 6.63. The lowest BCUT2D eigenvalue weighted by Crippen LogP contribution is -2.17. The third-order valence-corrected chi connectivity index (χ3v) is 5.04. The number of rotatable bonds is 2. The van der Waals surface area contributed by atoms with Gasteiger partial charge in [0.25, 0.3) is 0 Å². The van der Waals surface area contributed by atoms with Gasteiger partial charge < -0.3 is 0 Å². The summed E-state index contributed by atoms with van der Waals surface area (Å²) in [6.45, 7) is 4.00. The highest BCUT2D eigenvalue weighted by Crippen LogP contribution is 2.42. The van der Waals surface area contributed by atoms with Crippen LogP contribution in [-0.4, -0.2) is 0 Å². The number of alkyl halides is 12.